The van der Waals surface area contributed by atoms with E-state index in [1.807, 2.05) is 0 Å². The number of nitrogens with zero attached hydrogens (tertiary/aromatic N) is 2. The smallest absolute Gasteiger partial charge is 0.419 e. The van der Waals surface area contributed by atoms with Crippen LogP contribution in [0, 0.1) is 5.82 Å². The lowest BCUT2D eigenvalue weighted by atomic mass is 10.1. The van der Waals surface area contributed by atoms with Crippen molar-refractivity contribution in [3.8, 4) is 11.5 Å². The molecule has 1 aromatic heterocycles. The van der Waals surface area contributed by atoms with E-state index in [2.05, 4.69) is 15.5 Å². The molecule has 0 aliphatic rings. The lowest BCUT2D eigenvalue weighted by molar-refractivity contribution is -0.139. The molecule has 1 heterocycles. The molecule has 108 valence electrons. The van der Waals surface area contributed by atoms with Crippen LogP contribution in [0.3, 0.4) is 0 Å². The SMILES string of the molecule is CNCCc1nnc(-c2ccc(F)c(C(F)(F)F)c2)o1. The molecule has 0 atom stereocenters. The molecule has 0 aliphatic heterocycles. The Morgan fingerprint density at radius 3 is 2.65 bits per heavy atom. The Bertz CT molecular complexity index is 595. The highest BCUT2D eigenvalue weighted by atomic mass is 19.4. The number of aromatic nitrogens is 2. The molecule has 8 heteroatoms. The number of hydrogen-bond donors (Lipinski definition) is 1. The summed E-state index contributed by atoms with van der Waals surface area (Å²) in [5.41, 5.74) is -1.33. The fraction of sp³-hybridized carbons (Fsp3) is 0.333. The van der Waals surface area contributed by atoms with Crippen LogP contribution in [-0.2, 0) is 12.6 Å². The molecule has 0 saturated heterocycles. The maximum Gasteiger partial charge on any atom is 0.419 e. The van der Waals surface area contributed by atoms with Crippen molar-refractivity contribution >= 4 is 0 Å². The summed E-state index contributed by atoms with van der Waals surface area (Å²) in [4.78, 5) is 0. The predicted molar refractivity (Wildman–Crippen MR) is 62.3 cm³/mol. The molecule has 1 aromatic carbocycles. The van der Waals surface area contributed by atoms with E-state index in [-0.39, 0.29) is 11.5 Å². The van der Waals surface area contributed by atoms with Gasteiger partial charge in [-0.3, -0.25) is 0 Å². The van der Waals surface area contributed by atoms with E-state index in [0.717, 1.165) is 6.07 Å². The minimum absolute atomic E-state index is 0.0296. The largest absolute Gasteiger partial charge is 0.421 e. The summed E-state index contributed by atoms with van der Waals surface area (Å²) in [5.74, 6) is -1.11. The first-order chi connectivity index (χ1) is 9.41. The van der Waals surface area contributed by atoms with Crippen LogP contribution < -0.4 is 5.32 Å². The zero-order chi connectivity index (χ0) is 14.8. The molecule has 20 heavy (non-hydrogen) atoms. The predicted octanol–water partition coefficient (Wildman–Crippen LogP) is 2.66. The Kier molecular flexibility index (Phi) is 4.03. The molecule has 0 fully saturated rings. The van der Waals surface area contributed by atoms with Crippen LogP contribution in [0.2, 0.25) is 0 Å². The number of rotatable bonds is 4. The second-order valence-corrected chi connectivity index (χ2v) is 4.05. The van der Waals surface area contributed by atoms with Crippen LogP contribution in [0.5, 0.6) is 0 Å². The van der Waals surface area contributed by atoms with Gasteiger partial charge < -0.3 is 9.73 Å². The van der Waals surface area contributed by atoms with Crippen molar-refractivity contribution in [1.82, 2.24) is 15.5 Å². The lowest BCUT2D eigenvalue weighted by Crippen LogP contribution is -2.10. The third kappa shape index (κ3) is 3.13. The van der Waals surface area contributed by atoms with Crippen LogP contribution >= 0.6 is 0 Å². The molecule has 0 bridgehead atoms. The first-order valence-corrected chi connectivity index (χ1v) is 5.76. The highest BCUT2D eigenvalue weighted by Crippen LogP contribution is 2.33. The normalized spacial score (nSPS) is 11.8. The molecule has 2 rings (SSSR count). The molecular weight excluding hydrogens is 278 g/mol. The van der Waals surface area contributed by atoms with Crippen LogP contribution in [0.1, 0.15) is 11.5 Å². The third-order valence-corrected chi connectivity index (χ3v) is 2.57. The first kappa shape index (κ1) is 14.4. The minimum atomic E-state index is -4.77. The average molecular weight is 289 g/mol. The van der Waals surface area contributed by atoms with E-state index in [4.69, 9.17) is 4.42 Å². The summed E-state index contributed by atoms with van der Waals surface area (Å²) in [7, 11) is 1.74. The van der Waals surface area contributed by atoms with Crippen LogP contribution in [0.4, 0.5) is 17.6 Å². The average Bonchev–Trinajstić information content (AvgIpc) is 2.84. The summed E-state index contributed by atoms with van der Waals surface area (Å²) in [6.45, 7) is 0.596. The van der Waals surface area contributed by atoms with Gasteiger partial charge in [-0.1, -0.05) is 0 Å². The van der Waals surface area contributed by atoms with Crippen molar-refractivity contribution in [3.05, 3.63) is 35.5 Å². The zero-order valence-electron chi connectivity index (χ0n) is 10.5. The molecule has 2 aromatic rings. The Labute approximate surface area is 111 Å². The van der Waals surface area contributed by atoms with Crippen LogP contribution in [0.15, 0.2) is 22.6 Å². The molecule has 4 nitrogen and oxygen atoms in total. The minimum Gasteiger partial charge on any atom is -0.421 e. The van der Waals surface area contributed by atoms with Gasteiger partial charge in [-0.2, -0.15) is 13.2 Å². The monoisotopic (exact) mass is 289 g/mol. The fourth-order valence-electron chi connectivity index (χ4n) is 1.58. The van der Waals surface area contributed by atoms with Gasteiger partial charge in [0.05, 0.1) is 5.56 Å². The van der Waals surface area contributed by atoms with E-state index in [1.54, 1.807) is 7.05 Å². The number of alkyl halides is 3. The molecule has 0 saturated carbocycles. The maximum atomic E-state index is 13.2. The van der Waals surface area contributed by atoms with Gasteiger partial charge in [-0.25, -0.2) is 4.39 Å². The van der Waals surface area contributed by atoms with Crippen molar-refractivity contribution in [2.24, 2.45) is 0 Å². The summed E-state index contributed by atoms with van der Waals surface area (Å²) in [6, 6.07) is 2.56. The summed E-state index contributed by atoms with van der Waals surface area (Å²) in [5, 5.41) is 10.2. The van der Waals surface area contributed by atoms with Crippen LogP contribution in [-0.4, -0.2) is 23.8 Å². The van der Waals surface area contributed by atoms with Crippen molar-refractivity contribution in [2.75, 3.05) is 13.6 Å². The highest BCUT2D eigenvalue weighted by Gasteiger charge is 2.34. The van der Waals surface area contributed by atoms with Gasteiger partial charge in [0.15, 0.2) is 0 Å². The van der Waals surface area contributed by atoms with Gasteiger partial charge in [0, 0.05) is 18.5 Å². The van der Waals surface area contributed by atoms with Crippen molar-refractivity contribution in [3.63, 3.8) is 0 Å². The molecule has 0 spiro atoms. The van der Waals surface area contributed by atoms with E-state index in [9.17, 15) is 17.6 Å². The molecule has 1 N–H and O–H groups in total. The van der Waals surface area contributed by atoms with Gasteiger partial charge in [0.2, 0.25) is 11.8 Å². The van der Waals surface area contributed by atoms with E-state index in [1.165, 1.54) is 6.07 Å². The van der Waals surface area contributed by atoms with E-state index < -0.39 is 17.6 Å². The van der Waals surface area contributed by atoms with Crippen molar-refractivity contribution in [1.29, 1.82) is 0 Å². The Balaban J connectivity index is 2.31. The van der Waals surface area contributed by atoms with Gasteiger partial charge >= 0.3 is 6.18 Å². The topological polar surface area (TPSA) is 51.0 Å². The number of benzene rings is 1. The van der Waals surface area contributed by atoms with Gasteiger partial charge in [0.25, 0.3) is 0 Å². The van der Waals surface area contributed by atoms with Gasteiger partial charge in [-0.15, -0.1) is 10.2 Å². The molecule has 0 amide bonds. The maximum absolute atomic E-state index is 13.2. The van der Waals surface area contributed by atoms with E-state index >= 15 is 0 Å². The van der Waals surface area contributed by atoms with Crippen molar-refractivity contribution < 1.29 is 22.0 Å². The Hall–Kier alpha value is -1.96. The molecule has 0 aliphatic carbocycles. The summed E-state index contributed by atoms with van der Waals surface area (Å²) in [6.07, 6.45) is -4.31. The quantitative estimate of drug-likeness (QED) is 0.879. The number of likely N-dealkylation sites (N-methyl/N-ethyl adjacent to an activating group) is 1. The second kappa shape index (κ2) is 5.58. The summed E-state index contributed by atoms with van der Waals surface area (Å²) < 4.78 is 56.2. The third-order valence-electron chi connectivity index (χ3n) is 2.57. The van der Waals surface area contributed by atoms with Gasteiger partial charge in [-0.05, 0) is 25.2 Å². The standard InChI is InChI=1S/C12H11F4N3O/c1-17-5-4-10-18-19-11(20-10)7-2-3-9(13)8(6-7)12(14,15)16/h2-3,6,17H,4-5H2,1H3. The lowest BCUT2D eigenvalue weighted by Gasteiger charge is -2.08. The number of halogens is 4. The number of hydrogen-bond acceptors (Lipinski definition) is 4. The summed E-state index contributed by atoms with van der Waals surface area (Å²) >= 11 is 0. The molecule has 0 unspecified atom stereocenters. The zero-order valence-corrected chi connectivity index (χ0v) is 10.5. The van der Waals surface area contributed by atoms with E-state index in [0.29, 0.717) is 24.9 Å². The van der Waals surface area contributed by atoms with Crippen molar-refractivity contribution in [2.45, 2.75) is 12.6 Å². The first-order valence-electron chi connectivity index (χ1n) is 5.76. The molecular formula is C12H11F4N3O. The fourth-order valence-corrected chi connectivity index (χ4v) is 1.58. The second-order valence-electron chi connectivity index (χ2n) is 4.05. The Morgan fingerprint density at radius 1 is 1.25 bits per heavy atom. The highest BCUT2D eigenvalue weighted by molar-refractivity contribution is 5.54. The Morgan fingerprint density at radius 2 is 2.00 bits per heavy atom. The van der Waals surface area contributed by atoms with Crippen LogP contribution in [0.25, 0.3) is 11.5 Å². The molecule has 0 radical (unpaired) electrons. The number of nitrogens with one attached hydrogen (secondary N) is 1. The van der Waals surface area contributed by atoms with Gasteiger partial charge in [0.1, 0.15) is 5.82 Å².